The van der Waals surface area contributed by atoms with Crippen LogP contribution in [-0.2, 0) is 9.53 Å². The predicted octanol–water partition coefficient (Wildman–Crippen LogP) is 1.14. The molecule has 2 aliphatic heterocycles. The number of amides is 1. The van der Waals surface area contributed by atoms with Crippen molar-refractivity contribution in [1.82, 2.24) is 9.80 Å². The lowest BCUT2D eigenvalue weighted by molar-refractivity contribution is -0.144. The molecule has 2 fully saturated rings. The monoisotopic (exact) mass is 324 g/mol. The van der Waals surface area contributed by atoms with Crippen molar-refractivity contribution in [3.8, 4) is 0 Å². The second-order valence-electron chi connectivity index (χ2n) is 5.66. The van der Waals surface area contributed by atoms with E-state index in [2.05, 4.69) is 4.90 Å². The van der Waals surface area contributed by atoms with Gasteiger partial charge in [0.2, 0.25) is 0 Å². The summed E-state index contributed by atoms with van der Waals surface area (Å²) in [5.41, 5.74) is 0. The van der Waals surface area contributed by atoms with Crippen molar-refractivity contribution >= 4 is 23.2 Å². The highest BCUT2D eigenvalue weighted by Gasteiger charge is 2.38. The highest BCUT2D eigenvalue weighted by molar-refractivity contribution is 7.12. The molecule has 7 heteroatoms. The Hall–Kier alpha value is -1.44. The number of carbonyl (C=O) groups excluding carboxylic acids is 1. The van der Waals surface area contributed by atoms with Gasteiger partial charge in [-0.1, -0.05) is 6.07 Å². The maximum absolute atomic E-state index is 12.5. The molecule has 2 aliphatic rings. The number of thiophene rings is 1. The molecule has 0 saturated carbocycles. The third-order valence-corrected chi connectivity index (χ3v) is 5.27. The average molecular weight is 324 g/mol. The van der Waals surface area contributed by atoms with E-state index in [1.807, 2.05) is 11.4 Å². The molecule has 1 aromatic rings. The lowest BCUT2D eigenvalue weighted by Gasteiger charge is -2.42. The molecule has 3 rings (SSSR count). The van der Waals surface area contributed by atoms with Crippen molar-refractivity contribution in [2.45, 2.75) is 24.9 Å². The average Bonchev–Trinajstić information content (AvgIpc) is 3.09. The largest absolute Gasteiger partial charge is 0.480 e. The van der Waals surface area contributed by atoms with Crippen molar-refractivity contribution < 1.29 is 19.4 Å². The molecular formula is C15H20N2O4S. The van der Waals surface area contributed by atoms with Crippen molar-refractivity contribution in [3.63, 3.8) is 0 Å². The zero-order valence-corrected chi connectivity index (χ0v) is 13.1. The van der Waals surface area contributed by atoms with Crippen LogP contribution in [0.25, 0.3) is 0 Å². The molecule has 0 spiro atoms. The summed E-state index contributed by atoms with van der Waals surface area (Å²) in [6, 6.07) is 3.04. The van der Waals surface area contributed by atoms with Crippen molar-refractivity contribution in [2.75, 3.05) is 32.8 Å². The van der Waals surface area contributed by atoms with Gasteiger partial charge in [0, 0.05) is 25.7 Å². The van der Waals surface area contributed by atoms with Gasteiger partial charge in [-0.2, -0.15) is 0 Å². The quantitative estimate of drug-likeness (QED) is 0.903. The zero-order chi connectivity index (χ0) is 15.5. The van der Waals surface area contributed by atoms with Gasteiger partial charge < -0.3 is 14.7 Å². The van der Waals surface area contributed by atoms with Crippen LogP contribution in [0.5, 0.6) is 0 Å². The van der Waals surface area contributed by atoms with Crippen LogP contribution in [-0.4, -0.2) is 71.7 Å². The summed E-state index contributed by atoms with van der Waals surface area (Å²) in [6.07, 6.45) is 1.31. The number of hydrogen-bond acceptors (Lipinski definition) is 5. The van der Waals surface area contributed by atoms with Crippen LogP contribution in [0.1, 0.15) is 22.5 Å². The van der Waals surface area contributed by atoms with E-state index in [1.54, 1.807) is 6.07 Å². The maximum atomic E-state index is 12.5. The SMILES string of the molecule is O=C(O)[C@H]1C[C@H](N2CCOCC2)CCN1C(=O)c1cccs1. The number of nitrogens with zero attached hydrogens (tertiary/aromatic N) is 2. The standard InChI is InChI=1S/C15H20N2O4S/c18-14(13-2-1-9-22-13)17-4-3-11(10-12(17)15(19)20)16-5-7-21-8-6-16/h1-2,9,11-12H,3-8,10H2,(H,19,20)/t11-,12-/m1/s1. The highest BCUT2D eigenvalue weighted by Crippen LogP contribution is 2.25. The Morgan fingerprint density at radius 2 is 2.05 bits per heavy atom. The summed E-state index contributed by atoms with van der Waals surface area (Å²) in [4.78, 5) is 28.6. The number of carboxylic acid groups (broad SMARTS) is 1. The summed E-state index contributed by atoms with van der Waals surface area (Å²) >= 11 is 1.36. The number of likely N-dealkylation sites (tertiary alicyclic amines) is 1. The molecule has 0 bridgehead atoms. The third kappa shape index (κ3) is 3.16. The molecule has 1 N–H and O–H groups in total. The number of morpholine rings is 1. The van der Waals surface area contributed by atoms with Crippen LogP contribution in [0.2, 0.25) is 0 Å². The fourth-order valence-corrected chi connectivity index (χ4v) is 3.92. The molecule has 120 valence electrons. The van der Waals surface area contributed by atoms with E-state index in [0.717, 1.165) is 19.5 Å². The maximum Gasteiger partial charge on any atom is 0.326 e. The minimum absolute atomic E-state index is 0.164. The Labute approximate surface area is 133 Å². The van der Waals surface area contributed by atoms with E-state index in [9.17, 15) is 14.7 Å². The Kier molecular flexibility index (Phi) is 4.75. The Morgan fingerprint density at radius 3 is 2.68 bits per heavy atom. The molecule has 0 unspecified atom stereocenters. The van der Waals surface area contributed by atoms with Gasteiger partial charge in [0.1, 0.15) is 6.04 Å². The molecule has 0 radical (unpaired) electrons. The molecule has 6 nitrogen and oxygen atoms in total. The number of carbonyl (C=O) groups is 2. The first-order chi connectivity index (χ1) is 10.7. The lowest BCUT2D eigenvalue weighted by Crippen LogP contribution is -2.56. The first kappa shape index (κ1) is 15.5. The normalized spacial score (nSPS) is 26.8. The fourth-order valence-electron chi connectivity index (χ4n) is 3.24. The summed E-state index contributed by atoms with van der Waals surface area (Å²) in [5, 5.41) is 11.4. The van der Waals surface area contributed by atoms with Gasteiger partial charge >= 0.3 is 5.97 Å². The minimum Gasteiger partial charge on any atom is -0.480 e. The second kappa shape index (κ2) is 6.76. The smallest absolute Gasteiger partial charge is 0.326 e. The summed E-state index contributed by atoms with van der Waals surface area (Å²) < 4.78 is 5.35. The number of rotatable bonds is 3. The number of aliphatic carboxylic acids is 1. The molecule has 0 aliphatic carbocycles. The topological polar surface area (TPSA) is 70.1 Å². The summed E-state index contributed by atoms with van der Waals surface area (Å²) in [5.74, 6) is -1.08. The molecule has 2 saturated heterocycles. The van der Waals surface area contributed by atoms with Gasteiger partial charge in [0.05, 0.1) is 18.1 Å². The van der Waals surface area contributed by atoms with Crippen LogP contribution >= 0.6 is 11.3 Å². The van der Waals surface area contributed by atoms with Crippen LogP contribution in [0, 0.1) is 0 Å². The molecule has 0 aromatic carbocycles. The molecule has 1 aromatic heterocycles. The Morgan fingerprint density at radius 1 is 1.27 bits per heavy atom. The minimum atomic E-state index is -0.914. The lowest BCUT2D eigenvalue weighted by atomic mass is 9.95. The molecule has 22 heavy (non-hydrogen) atoms. The number of piperidine rings is 1. The Balaban J connectivity index is 1.71. The van der Waals surface area contributed by atoms with E-state index in [-0.39, 0.29) is 11.9 Å². The van der Waals surface area contributed by atoms with E-state index < -0.39 is 12.0 Å². The van der Waals surface area contributed by atoms with Crippen molar-refractivity contribution in [1.29, 1.82) is 0 Å². The van der Waals surface area contributed by atoms with Gasteiger partial charge in [0.25, 0.3) is 5.91 Å². The zero-order valence-electron chi connectivity index (χ0n) is 12.3. The number of hydrogen-bond donors (Lipinski definition) is 1. The Bertz CT molecular complexity index is 528. The van der Waals surface area contributed by atoms with Gasteiger partial charge in [-0.15, -0.1) is 11.3 Å². The van der Waals surface area contributed by atoms with E-state index >= 15 is 0 Å². The van der Waals surface area contributed by atoms with Crippen molar-refractivity contribution in [2.24, 2.45) is 0 Å². The van der Waals surface area contributed by atoms with Gasteiger partial charge in [-0.05, 0) is 24.3 Å². The molecule has 3 heterocycles. The van der Waals surface area contributed by atoms with Crippen molar-refractivity contribution in [3.05, 3.63) is 22.4 Å². The van der Waals surface area contributed by atoms with E-state index in [4.69, 9.17) is 4.74 Å². The van der Waals surface area contributed by atoms with Crippen LogP contribution in [0.3, 0.4) is 0 Å². The first-order valence-electron chi connectivity index (χ1n) is 7.56. The summed E-state index contributed by atoms with van der Waals surface area (Å²) in [7, 11) is 0. The second-order valence-corrected chi connectivity index (χ2v) is 6.60. The van der Waals surface area contributed by atoms with Crippen LogP contribution < -0.4 is 0 Å². The van der Waals surface area contributed by atoms with Crippen LogP contribution in [0.15, 0.2) is 17.5 Å². The number of ether oxygens (including phenoxy) is 1. The molecular weight excluding hydrogens is 304 g/mol. The fraction of sp³-hybridized carbons (Fsp3) is 0.600. The summed E-state index contributed by atoms with van der Waals surface area (Å²) in [6.45, 7) is 3.58. The van der Waals surface area contributed by atoms with Crippen LogP contribution in [0.4, 0.5) is 0 Å². The van der Waals surface area contributed by atoms with Gasteiger partial charge in [-0.25, -0.2) is 4.79 Å². The molecule has 2 atom stereocenters. The third-order valence-electron chi connectivity index (χ3n) is 4.41. The number of carboxylic acids is 1. The van der Waals surface area contributed by atoms with Gasteiger partial charge in [0.15, 0.2) is 0 Å². The van der Waals surface area contributed by atoms with Gasteiger partial charge in [-0.3, -0.25) is 9.69 Å². The molecule has 1 amide bonds. The van der Waals surface area contributed by atoms with E-state index in [1.165, 1.54) is 16.2 Å². The highest BCUT2D eigenvalue weighted by atomic mass is 32.1. The predicted molar refractivity (Wildman–Crippen MR) is 82.2 cm³/mol. The first-order valence-corrected chi connectivity index (χ1v) is 8.44. The van der Waals surface area contributed by atoms with E-state index in [0.29, 0.717) is 31.1 Å².